The second-order valence-corrected chi connectivity index (χ2v) is 7.86. The largest absolute Gasteiger partial charge is 0.497 e. The molecular weight excluding hydrogens is 386 g/mol. The summed E-state index contributed by atoms with van der Waals surface area (Å²) in [6, 6.07) is 4.69. The van der Waals surface area contributed by atoms with Crippen LogP contribution in [-0.2, 0) is 19.1 Å². The molecule has 0 radical (unpaired) electrons. The molecule has 1 atom stereocenters. The van der Waals surface area contributed by atoms with Gasteiger partial charge in [-0.3, -0.25) is 9.59 Å². The molecule has 7 nitrogen and oxygen atoms in total. The molecule has 0 spiro atoms. The summed E-state index contributed by atoms with van der Waals surface area (Å²) in [5.41, 5.74) is 0.0464. The Morgan fingerprint density at radius 2 is 1.93 bits per heavy atom. The number of amides is 1. The number of ketones is 1. The van der Waals surface area contributed by atoms with Crippen LogP contribution in [0.1, 0.15) is 45.6 Å². The van der Waals surface area contributed by atoms with Crippen LogP contribution in [0.15, 0.2) is 24.3 Å². The van der Waals surface area contributed by atoms with Gasteiger partial charge >= 0.3 is 5.97 Å². The fourth-order valence-corrected chi connectivity index (χ4v) is 3.21. The maximum Gasteiger partial charge on any atom is 0.329 e. The minimum Gasteiger partial charge on any atom is -0.497 e. The summed E-state index contributed by atoms with van der Waals surface area (Å²) in [5, 5.41) is 0. The topological polar surface area (TPSA) is 82.1 Å². The van der Waals surface area contributed by atoms with Crippen LogP contribution in [0, 0.1) is 5.41 Å². The predicted octanol–water partition coefficient (Wildman–Crippen LogP) is 3.26. The molecule has 1 amide bonds. The van der Waals surface area contributed by atoms with E-state index in [0.717, 1.165) is 5.56 Å². The Hall–Kier alpha value is -2.83. The summed E-state index contributed by atoms with van der Waals surface area (Å²) in [7, 11) is 3.16. The van der Waals surface area contributed by atoms with Crippen molar-refractivity contribution in [1.29, 1.82) is 0 Å². The van der Waals surface area contributed by atoms with Gasteiger partial charge in [0, 0.05) is 17.5 Å². The molecule has 1 aromatic carbocycles. The minimum atomic E-state index is -0.743. The Morgan fingerprint density at radius 3 is 2.57 bits per heavy atom. The Labute approximate surface area is 178 Å². The molecule has 164 valence electrons. The molecule has 1 unspecified atom stereocenters. The first-order valence-corrected chi connectivity index (χ1v) is 10.2. The average Bonchev–Trinajstić information content (AvgIpc) is 3.25. The number of likely N-dealkylation sites (tertiary alicyclic amines) is 1. The van der Waals surface area contributed by atoms with Crippen LogP contribution < -0.4 is 9.47 Å². The fraction of sp³-hybridized carbons (Fsp3) is 0.522. The summed E-state index contributed by atoms with van der Waals surface area (Å²) >= 11 is 0. The number of methoxy groups -OCH3 is 2. The number of ether oxygens (including phenoxy) is 3. The lowest BCUT2D eigenvalue weighted by Gasteiger charge is -2.27. The molecule has 0 bridgehead atoms. The molecular formula is C23H31NO6. The van der Waals surface area contributed by atoms with Gasteiger partial charge in [0.2, 0.25) is 5.78 Å². The molecule has 30 heavy (non-hydrogen) atoms. The molecule has 1 fully saturated rings. The lowest BCUT2D eigenvalue weighted by Crippen LogP contribution is -2.47. The molecule has 0 N–H and O–H groups in total. The summed E-state index contributed by atoms with van der Waals surface area (Å²) < 4.78 is 15.9. The Kier molecular flexibility index (Phi) is 8.03. The lowest BCUT2D eigenvalue weighted by atomic mass is 9.84. The van der Waals surface area contributed by atoms with Crippen molar-refractivity contribution in [2.75, 3.05) is 27.4 Å². The molecule has 1 heterocycles. The van der Waals surface area contributed by atoms with Crippen LogP contribution in [0.4, 0.5) is 0 Å². The third kappa shape index (κ3) is 5.40. The Balaban J connectivity index is 1.98. The Bertz CT molecular complexity index is 814. The zero-order chi connectivity index (χ0) is 22.3. The number of nitrogens with zero attached hydrogens (tertiary/aromatic N) is 1. The van der Waals surface area contributed by atoms with Crippen LogP contribution >= 0.6 is 0 Å². The van der Waals surface area contributed by atoms with E-state index in [-0.39, 0.29) is 6.61 Å². The van der Waals surface area contributed by atoms with Crippen molar-refractivity contribution in [3.8, 4) is 11.5 Å². The molecule has 0 saturated carbocycles. The van der Waals surface area contributed by atoms with Gasteiger partial charge in [-0.25, -0.2) is 4.79 Å². The van der Waals surface area contributed by atoms with Gasteiger partial charge in [0.05, 0.1) is 14.2 Å². The van der Waals surface area contributed by atoms with Gasteiger partial charge in [-0.15, -0.1) is 0 Å². The van der Waals surface area contributed by atoms with Crippen LogP contribution in [0.2, 0.25) is 0 Å². The van der Waals surface area contributed by atoms with E-state index in [0.29, 0.717) is 37.3 Å². The van der Waals surface area contributed by atoms with Crippen molar-refractivity contribution in [2.45, 2.75) is 46.1 Å². The van der Waals surface area contributed by atoms with E-state index >= 15 is 0 Å². The summed E-state index contributed by atoms with van der Waals surface area (Å²) in [4.78, 5) is 39.0. The minimum absolute atomic E-state index is 0.0477. The van der Waals surface area contributed by atoms with Crippen LogP contribution in [0.5, 0.6) is 11.5 Å². The first-order valence-electron chi connectivity index (χ1n) is 10.2. The van der Waals surface area contributed by atoms with Crippen LogP contribution in [-0.4, -0.2) is 56.0 Å². The summed E-state index contributed by atoms with van der Waals surface area (Å²) in [6.45, 7) is 5.79. The van der Waals surface area contributed by atoms with Crippen molar-refractivity contribution in [2.24, 2.45) is 5.41 Å². The van der Waals surface area contributed by atoms with E-state index in [1.807, 2.05) is 13.0 Å². The molecule has 1 aromatic rings. The zero-order valence-corrected chi connectivity index (χ0v) is 18.4. The third-order valence-corrected chi connectivity index (χ3v) is 5.53. The van der Waals surface area contributed by atoms with Crippen molar-refractivity contribution < 1.29 is 28.6 Å². The second-order valence-electron chi connectivity index (χ2n) is 7.86. The average molecular weight is 418 g/mol. The number of rotatable bonds is 9. The standard InChI is InChI=1S/C23H31NO6/c1-6-23(2,3)20(25)21(26)24-13-7-10-18(24)22(27)30-14-8-9-16-15-17(28-4)11-12-19(16)29-5/h8-9,11-12,15,18H,6-7,10,13-14H2,1-5H3/b9-8+. The van der Waals surface area contributed by atoms with E-state index in [2.05, 4.69) is 0 Å². The maximum absolute atomic E-state index is 12.6. The van der Waals surface area contributed by atoms with Crippen molar-refractivity contribution in [3.05, 3.63) is 29.8 Å². The highest BCUT2D eigenvalue weighted by molar-refractivity contribution is 6.38. The number of esters is 1. The maximum atomic E-state index is 12.6. The van der Waals surface area contributed by atoms with Crippen LogP contribution in [0.3, 0.4) is 0 Å². The van der Waals surface area contributed by atoms with Gasteiger partial charge in [0.25, 0.3) is 5.91 Å². The molecule has 0 aromatic heterocycles. The van der Waals surface area contributed by atoms with E-state index in [1.165, 1.54) is 4.90 Å². The SMILES string of the molecule is CCC(C)(C)C(=O)C(=O)N1CCCC1C(=O)OC/C=C/c1cc(OC)ccc1OC. The number of hydrogen-bond donors (Lipinski definition) is 0. The van der Waals surface area contributed by atoms with Crippen molar-refractivity contribution in [3.63, 3.8) is 0 Å². The quantitative estimate of drug-likeness (QED) is 0.453. The van der Waals surface area contributed by atoms with E-state index in [1.54, 1.807) is 52.4 Å². The lowest BCUT2D eigenvalue weighted by molar-refractivity contribution is -0.156. The van der Waals surface area contributed by atoms with E-state index in [9.17, 15) is 14.4 Å². The number of carbonyl (C=O) groups excluding carboxylic acids is 3. The van der Waals surface area contributed by atoms with Gasteiger partial charge in [-0.1, -0.05) is 26.8 Å². The summed E-state index contributed by atoms with van der Waals surface area (Å²) in [5.74, 6) is -0.201. The molecule has 1 aliphatic heterocycles. The molecule has 0 aliphatic carbocycles. The van der Waals surface area contributed by atoms with E-state index in [4.69, 9.17) is 14.2 Å². The highest BCUT2D eigenvalue weighted by atomic mass is 16.5. The molecule has 1 saturated heterocycles. The van der Waals surface area contributed by atoms with Gasteiger partial charge in [0.1, 0.15) is 24.1 Å². The number of hydrogen-bond acceptors (Lipinski definition) is 6. The molecule has 7 heteroatoms. The first-order chi connectivity index (χ1) is 14.2. The second kappa shape index (κ2) is 10.3. The Morgan fingerprint density at radius 1 is 1.20 bits per heavy atom. The predicted molar refractivity (Wildman–Crippen MR) is 113 cm³/mol. The number of Topliss-reactive ketones (excluding diaryl/α,β-unsaturated/α-hetero) is 1. The normalized spacial score (nSPS) is 16.6. The van der Waals surface area contributed by atoms with Crippen molar-refractivity contribution >= 4 is 23.7 Å². The highest BCUT2D eigenvalue weighted by Crippen LogP contribution is 2.27. The van der Waals surface area contributed by atoms with Crippen LogP contribution in [0.25, 0.3) is 6.08 Å². The number of benzene rings is 1. The zero-order valence-electron chi connectivity index (χ0n) is 18.4. The number of carbonyl (C=O) groups is 3. The van der Waals surface area contributed by atoms with Crippen molar-refractivity contribution in [1.82, 2.24) is 4.90 Å². The molecule has 1 aliphatic rings. The summed E-state index contributed by atoms with van der Waals surface area (Å²) in [6.07, 6.45) is 5.19. The smallest absolute Gasteiger partial charge is 0.329 e. The van der Waals surface area contributed by atoms with E-state index < -0.39 is 29.1 Å². The fourth-order valence-electron chi connectivity index (χ4n) is 3.21. The van der Waals surface area contributed by atoms with Gasteiger partial charge in [-0.2, -0.15) is 0 Å². The van der Waals surface area contributed by atoms with Gasteiger partial charge < -0.3 is 19.1 Å². The van der Waals surface area contributed by atoms with Gasteiger partial charge in [0.15, 0.2) is 0 Å². The monoisotopic (exact) mass is 417 g/mol. The highest BCUT2D eigenvalue weighted by Gasteiger charge is 2.41. The van der Waals surface area contributed by atoms with Gasteiger partial charge in [-0.05, 0) is 43.5 Å². The third-order valence-electron chi connectivity index (χ3n) is 5.53. The molecule has 2 rings (SSSR count). The first kappa shape index (κ1) is 23.4.